The number of nitrogens with one attached hydrogen (secondary N) is 1. The predicted octanol–water partition coefficient (Wildman–Crippen LogP) is 2.45. The third kappa shape index (κ3) is 2.39. The number of anilines is 1. The summed E-state index contributed by atoms with van der Waals surface area (Å²) >= 11 is 5.99. The first-order valence-corrected chi connectivity index (χ1v) is 6.99. The smallest absolute Gasteiger partial charge is 0.173 e. The van der Waals surface area contributed by atoms with Gasteiger partial charge in [0.2, 0.25) is 0 Å². The Labute approximate surface area is 100 Å². The molecule has 1 aromatic rings. The van der Waals surface area contributed by atoms with E-state index in [-0.39, 0.29) is 11.8 Å². The third-order valence-electron chi connectivity index (χ3n) is 2.52. The van der Waals surface area contributed by atoms with Gasteiger partial charge < -0.3 is 5.32 Å². The molecule has 0 amide bonds. The van der Waals surface area contributed by atoms with Crippen LogP contribution < -0.4 is 5.32 Å². The van der Waals surface area contributed by atoms with Crippen LogP contribution in [0.1, 0.15) is 6.92 Å². The van der Waals surface area contributed by atoms with E-state index in [2.05, 4.69) is 5.32 Å². The molecule has 0 bridgehead atoms. The summed E-state index contributed by atoms with van der Waals surface area (Å²) < 4.78 is 22.8. The largest absolute Gasteiger partial charge is 0.376 e. The number of rotatable bonds is 2. The molecule has 1 aliphatic rings. The quantitative estimate of drug-likeness (QED) is 0.885. The Morgan fingerprint density at radius 1 is 1.38 bits per heavy atom. The Morgan fingerprint density at radius 3 is 2.62 bits per heavy atom. The fourth-order valence-electron chi connectivity index (χ4n) is 1.70. The van der Waals surface area contributed by atoms with E-state index in [1.54, 1.807) is 13.0 Å². The molecule has 3 nitrogen and oxygen atoms in total. The molecular weight excluding hydrogens is 246 g/mol. The molecule has 0 saturated heterocycles. The van der Waals surface area contributed by atoms with Crippen LogP contribution in [0.2, 0.25) is 5.02 Å². The van der Waals surface area contributed by atoms with Crippen molar-refractivity contribution >= 4 is 27.1 Å². The highest BCUT2D eigenvalue weighted by Crippen LogP contribution is 2.26. The van der Waals surface area contributed by atoms with E-state index in [1.807, 2.05) is 18.2 Å². The summed E-state index contributed by atoms with van der Waals surface area (Å²) in [5, 5.41) is 5.05. The summed E-state index contributed by atoms with van der Waals surface area (Å²) in [7, 11) is -3.05. The first-order valence-electron chi connectivity index (χ1n) is 4.90. The minimum absolute atomic E-state index is 0.101. The SMILES string of the molecule is CC1=CS(=O)(=O)C[C@@H]1Nc1ccccc1Cl. The summed E-state index contributed by atoms with van der Waals surface area (Å²) in [5.41, 5.74) is 1.58. The molecule has 0 saturated carbocycles. The van der Waals surface area contributed by atoms with Gasteiger partial charge in [0, 0.05) is 5.41 Å². The molecular formula is C11H12ClNO2S. The number of para-hydroxylation sites is 1. The van der Waals surface area contributed by atoms with Crippen LogP contribution in [-0.2, 0) is 9.84 Å². The van der Waals surface area contributed by atoms with Gasteiger partial charge in [-0.15, -0.1) is 0 Å². The monoisotopic (exact) mass is 257 g/mol. The molecule has 1 heterocycles. The molecule has 86 valence electrons. The van der Waals surface area contributed by atoms with E-state index in [4.69, 9.17) is 11.6 Å². The fourth-order valence-corrected chi connectivity index (χ4v) is 3.53. The number of sulfone groups is 1. The molecule has 5 heteroatoms. The van der Waals surface area contributed by atoms with Gasteiger partial charge in [-0.05, 0) is 24.6 Å². The van der Waals surface area contributed by atoms with Gasteiger partial charge in [0.05, 0.1) is 22.5 Å². The van der Waals surface area contributed by atoms with E-state index >= 15 is 0 Å². The van der Waals surface area contributed by atoms with E-state index in [0.29, 0.717) is 5.02 Å². The zero-order valence-electron chi connectivity index (χ0n) is 8.77. The highest BCUT2D eigenvalue weighted by atomic mass is 35.5. The zero-order chi connectivity index (χ0) is 11.8. The van der Waals surface area contributed by atoms with Crippen LogP contribution in [0, 0.1) is 0 Å². The van der Waals surface area contributed by atoms with Crippen LogP contribution in [0.4, 0.5) is 5.69 Å². The van der Waals surface area contributed by atoms with Crippen molar-refractivity contribution in [2.24, 2.45) is 0 Å². The van der Waals surface area contributed by atoms with Crippen LogP contribution in [0.5, 0.6) is 0 Å². The van der Waals surface area contributed by atoms with Gasteiger partial charge in [-0.1, -0.05) is 23.7 Å². The predicted molar refractivity (Wildman–Crippen MR) is 66.4 cm³/mol. The summed E-state index contributed by atoms with van der Waals surface area (Å²) in [5.74, 6) is 0.101. The van der Waals surface area contributed by atoms with Gasteiger partial charge in [-0.3, -0.25) is 0 Å². The van der Waals surface area contributed by atoms with E-state index < -0.39 is 9.84 Å². The topological polar surface area (TPSA) is 46.2 Å². The van der Waals surface area contributed by atoms with Crippen molar-refractivity contribution in [2.75, 3.05) is 11.1 Å². The molecule has 0 radical (unpaired) electrons. The summed E-state index contributed by atoms with van der Waals surface area (Å²) in [6.07, 6.45) is 0. The van der Waals surface area contributed by atoms with Gasteiger partial charge >= 0.3 is 0 Å². The number of benzene rings is 1. The first kappa shape index (κ1) is 11.5. The van der Waals surface area contributed by atoms with Crippen LogP contribution in [0.25, 0.3) is 0 Å². The number of hydrogen-bond acceptors (Lipinski definition) is 3. The van der Waals surface area contributed by atoms with Crippen LogP contribution in [0.15, 0.2) is 35.2 Å². The van der Waals surface area contributed by atoms with E-state index in [9.17, 15) is 8.42 Å². The number of hydrogen-bond donors (Lipinski definition) is 1. The summed E-state index contributed by atoms with van der Waals surface area (Å²) in [6.45, 7) is 1.80. The van der Waals surface area contributed by atoms with Gasteiger partial charge in [0.25, 0.3) is 0 Å². The summed E-state index contributed by atoms with van der Waals surface area (Å²) in [4.78, 5) is 0. The average Bonchev–Trinajstić information content (AvgIpc) is 2.44. The molecule has 2 rings (SSSR count). The summed E-state index contributed by atoms with van der Waals surface area (Å²) in [6, 6.07) is 7.12. The van der Waals surface area contributed by atoms with Gasteiger partial charge in [-0.2, -0.15) is 0 Å². The Kier molecular flexibility index (Phi) is 2.95. The molecule has 1 aliphatic heterocycles. The molecule has 0 spiro atoms. The molecule has 1 N–H and O–H groups in total. The van der Waals surface area contributed by atoms with Crippen molar-refractivity contribution in [1.29, 1.82) is 0 Å². The normalized spacial score (nSPS) is 22.9. The molecule has 0 unspecified atom stereocenters. The molecule has 0 aliphatic carbocycles. The Morgan fingerprint density at radius 2 is 2.06 bits per heavy atom. The van der Waals surface area contributed by atoms with Crippen molar-refractivity contribution in [2.45, 2.75) is 13.0 Å². The molecule has 0 aromatic heterocycles. The minimum Gasteiger partial charge on any atom is -0.376 e. The standard InChI is InChI=1S/C11H12ClNO2S/c1-8-6-16(14,15)7-11(8)13-10-5-3-2-4-9(10)12/h2-6,11,13H,7H2,1H3/t11-/m0/s1. The van der Waals surface area contributed by atoms with Crippen molar-refractivity contribution in [3.8, 4) is 0 Å². The van der Waals surface area contributed by atoms with Crippen LogP contribution in [-0.4, -0.2) is 20.2 Å². The Balaban J connectivity index is 2.20. The minimum atomic E-state index is -3.05. The van der Waals surface area contributed by atoms with Gasteiger partial charge in [0.1, 0.15) is 0 Å². The maximum atomic E-state index is 11.4. The Hall–Kier alpha value is -1.00. The maximum Gasteiger partial charge on any atom is 0.173 e. The molecule has 1 atom stereocenters. The van der Waals surface area contributed by atoms with E-state index in [1.165, 1.54) is 5.41 Å². The molecule has 0 fully saturated rings. The lowest BCUT2D eigenvalue weighted by Gasteiger charge is -2.15. The van der Waals surface area contributed by atoms with Gasteiger partial charge in [-0.25, -0.2) is 8.42 Å². The van der Waals surface area contributed by atoms with Crippen molar-refractivity contribution in [3.63, 3.8) is 0 Å². The second kappa shape index (κ2) is 4.11. The lowest BCUT2D eigenvalue weighted by atomic mass is 10.1. The van der Waals surface area contributed by atoms with Gasteiger partial charge in [0.15, 0.2) is 9.84 Å². The van der Waals surface area contributed by atoms with Crippen LogP contribution >= 0.6 is 11.6 Å². The second-order valence-electron chi connectivity index (χ2n) is 3.87. The highest BCUT2D eigenvalue weighted by molar-refractivity contribution is 7.94. The third-order valence-corrected chi connectivity index (χ3v) is 4.38. The van der Waals surface area contributed by atoms with Crippen molar-refractivity contribution < 1.29 is 8.42 Å². The van der Waals surface area contributed by atoms with E-state index in [0.717, 1.165) is 11.3 Å². The molecule has 1 aromatic carbocycles. The first-order chi connectivity index (χ1) is 7.48. The zero-order valence-corrected chi connectivity index (χ0v) is 10.3. The highest BCUT2D eigenvalue weighted by Gasteiger charge is 2.26. The lowest BCUT2D eigenvalue weighted by molar-refractivity contribution is 0.605. The number of halogens is 1. The average molecular weight is 258 g/mol. The Bertz CT molecular complexity index is 537. The fraction of sp³-hybridized carbons (Fsp3) is 0.273. The second-order valence-corrected chi connectivity index (χ2v) is 6.17. The van der Waals surface area contributed by atoms with Crippen LogP contribution in [0.3, 0.4) is 0 Å². The van der Waals surface area contributed by atoms with Crippen molar-refractivity contribution in [1.82, 2.24) is 0 Å². The lowest BCUT2D eigenvalue weighted by Crippen LogP contribution is -2.23. The molecule has 16 heavy (non-hydrogen) atoms. The van der Waals surface area contributed by atoms with Crippen molar-refractivity contribution in [3.05, 3.63) is 40.3 Å². The maximum absolute atomic E-state index is 11.4.